The van der Waals surface area contributed by atoms with Gasteiger partial charge < -0.3 is 33.9 Å². The van der Waals surface area contributed by atoms with E-state index in [9.17, 15) is 10.2 Å². The maximum Gasteiger partial charge on any atom is 0.135 e. The summed E-state index contributed by atoms with van der Waals surface area (Å²) in [5, 5.41) is 20.3. The van der Waals surface area contributed by atoms with E-state index in [0.717, 1.165) is 0 Å². The van der Waals surface area contributed by atoms with Gasteiger partial charge >= 0.3 is 0 Å². The summed E-state index contributed by atoms with van der Waals surface area (Å²) in [6.07, 6.45) is 0. The van der Waals surface area contributed by atoms with Gasteiger partial charge in [0.15, 0.2) is 0 Å². The summed E-state index contributed by atoms with van der Waals surface area (Å²) in [4.78, 5) is 0. The molecule has 29 heavy (non-hydrogen) atoms. The molecular formula is C22H28O7. The SMILES string of the molecule is COc1cc(O)cc(OC)c1C1(c2c(OC)cc(O)cc2OC)OC[C@H](C)[C@H]1C. The predicted octanol–water partition coefficient (Wildman–Crippen LogP) is 3.68. The van der Waals surface area contributed by atoms with Crippen molar-refractivity contribution in [2.45, 2.75) is 19.4 Å². The molecule has 0 saturated carbocycles. The van der Waals surface area contributed by atoms with Crippen LogP contribution in [0.4, 0.5) is 0 Å². The van der Waals surface area contributed by atoms with Gasteiger partial charge in [-0.1, -0.05) is 13.8 Å². The lowest BCUT2D eigenvalue weighted by Gasteiger charge is -2.38. The van der Waals surface area contributed by atoms with E-state index in [1.54, 1.807) is 0 Å². The second kappa shape index (κ2) is 7.91. The number of ether oxygens (including phenoxy) is 5. The molecule has 0 unspecified atom stereocenters. The van der Waals surface area contributed by atoms with Crippen LogP contribution in [0, 0.1) is 11.8 Å². The third-order valence-corrected chi connectivity index (χ3v) is 5.79. The summed E-state index contributed by atoms with van der Waals surface area (Å²) in [6.45, 7) is 4.67. The van der Waals surface area contributed by atoms with Crippen LogP contribution in [0.5, 0.6) is 34.5 Å². The Morgan fingerprint density at radius 1 is 0.759 bits per heavy atom. The Bertz CT molecular complexity index is 781. The van der Waals surface area contributed by atoms with Crippen molar-refractivity contribution in [1.29, 1.82) is 0 Å². The summed E-state index contributed by atoms with van der Waals surface area (Å²) in [5.41, 5.74) is 0.188. The summed E-state index contributed by atoms with van der Waals surface area (Å²) in [7, 11) is 6.11. The summed E-state index contributed by atoms with van der Waals surface area (Å²) in [5.74, 6) is 1.85. The minimum absolute atomic E-state index is 0.0148. The van der Waals surface area contributed by atoms with Crippen molar-refractivity contribution in [2.24, 2.45) is 11.8 Å². The van der Waals surface area contributed by atoms with Crippen LogP contribution in [0.15, 0.2) is 24.3 Å². The second-order valence-corrected chi connectivity index (χ2v) is 7.26. The molecule has 1 heterocycles. The maximum absolute atomic E-state index is 10.2. The van der Waals surface area contributed by atoms with Crippen LogP contribution < -0.4 is 18.9 Å². The number of hydrogen-bond acceptors (Lipinski definition) is 7. The Morgan fingerprint density at radius 2 is 1.10 bits per heavy atom. The van der Waals surface area contributed by atoms with Crippen LogP contribution >= 0.6 is 0 Å². The first-order chi connectivity index (χ1) is 13.8. The molecule has 0 aliphatic carbocycles. The molecule has 1 fully saturated rings. The molecule has 1 saturated heterocycles. The molecule has 1 aliphatic rings. The smallest absolute Gasteiger partial charge is 0.135 e. The molecule has 0 radical (unpaired) electrons. The van der Waals surface area contributed by atoms with Gasteiger partial charge in [0.05, 0.1) is 46.2 Å². The molecule has 7 nitrogen and oxygen atoms in total. The minimum atomic E-state index is -1.06. The quantitative estimate of drug-likeness (QED) is 0.759. The molecular weight excluding hydrogens is 376 g/mol. The average molecular weight is 404 g/mol. The van der Waals surface area contributed by atoms with E-state index in [-0.39, 0.29) is 23.3 Å². The zero-order chi connectivity index (χ0) is 21.3. The van der Waals surface area contributed by atoms with Gasteiger partial charge in [0.2, 0.25) is 0 Å². The molecule has 3 rings (SSSR count). The monoisotopic (exact) mass is 404 g/mol. The van der Waals surface area contributed by atoms with Gasteiger partial charge in [0, 0.05) is 24.3 Å². The van der Waals surface area contributed by atoms with E-state index in [4.69, 9.17) is 23.7 Å². The van der Waals surface area contributed by atoms with E-state index >= 15 is 0 Å². The molecule has 158 valence electrons. The Morgan fingerprint density at radius 3 is 1.34 bits per heavy atom. The summed E-state index contributed by atoms with van der Waals surface area (Å²) >= 11 is 0. The van der Waals surface area contributed by atoms with Crippen molar-refractivity contribution in [3.05, 3.63) is 35.4 Å². The normalized spacial score (nSPS) is 20.3. The van der Waals surface area contributed by atoms with E-state index in [0.29, 0.717) is 40.7 Å². The van der Waals surface area contributed by atoms with Gasteiger partial charge in [-0.3, -0.25) is 0 Å². The first-order valence-corrected chi connectivity index (χ1v) is 9.38. The lowest BCUT2D eigenvalue weighted by Crippen LogP contribution is -2.35. The molecule has 0 amide bonds. The molecule has 0 bridgehead atoms. The van der Waals surface area contributed by atoms with Crippen LogP contribution in [0.1, 0.15) is 25.0 Å². The molecule has 7 heteroatoms. The minimum Gasteiger partial charge on any atom is -0.508 e. The van der Waals surface area contributed by atoms with Crippen LogP contribution in [0.25, 0.3) is 0 Å². The molecule has 0 aromatic heterocycles. The third-order valence-electron chi connectivity index (χ3n) is 5.79. The van der Waals surface area contributed by atoms with Crippen LogP contribution in [-0.4, -0.2) is 45.3 Å². The molecule has 2 aromatic rings. The van der Waals surface area contributed by atoms with Crippen LogP contribution in [0.2, 0.25) is 0 Å². The summed E-state index contributed by atoms with van der Waals surface area (Å²) in [6, 6.07) is 6.10. The number of phenolic OH excluding ortho intramolecular Hbond substituents is 2. The Hall–Kier alpha value is -2.80. The van der Waals surface area contributed by atoms with E-state index in [2.05, 4.69) is 13.8 Å². The second-order valence-electron chi connectivity index (χ2n) is 7.26. The maximum atomic E-state index is 10.2. The third kappa shape index (κ3) is 3.19. The highest BCUT2D eigenvalue weighted by molar-refractivity contribution is 5.63. The Labute approximate surface area is 170 Å². The van der Waals surface area contributed by atoms with Gasteiger partial charge in [-0.15, -0.1) is 0 Å². The van der Waals surface area contributed by atoms with Crippen molar-refractivity contribution in [1.82, 2.24) is 0 Å². The first kappa shape index (κ1) is 20.9. The Kier molecular flexibility index (Phi) is 5.71. The van der Waals surface area contributed by atoms with Crippen molar-refractivity contribution < 1.29 is 33.9 Å². The highest BCUT2D eigenvalue weighted by Crippen LogP contribution is 2.59. The van der Waals surface area contributed by atoms with Gasteiger partial charge in [-0.25, -0.2) is 0 Å². The van der Waals surface area contributed by atoms with Gasteiger partial charge in [-0.05, 0) is 11.8 Å². The van der Waals surface area contributed by atoms with Crippen molar-refractivity contribution in [2.75, 3.05) is 35.0 Å². The van der Waals surface area contributed by atoms with E-state index < -0.39 is 5.60 Å². The fourth-order valence-electron chi connectivity index (χ4n) is 4.19. The summed E-state index contributed by atoms with van der Waals surface area (Å²) < 4.78 is 29.0. The van der Waals surface area contributed by atoms with Crippen molar-refractivity contribution >= 4 is 0 Å². The van der Waals surface area contributed by atoms with E-state index in [1.165, 1.54) is 52.7 Å². The predicted molar refractivity (Wildman–Crippen MR) is 107 cm³/mol. The van der Waals surface area contributed by atoms with Crippen LogP contribution in [0.3, 0.4) is 0 Å². The topological polar surface area (TPSA) is 86.6 Å². The number of rotatable bonds is 6. The van der Waals surface area contributed by atoms with Crippen LogP contribution in [-0.2, 0) is 10.3 Å². The average Bonchev–Trinajstić information content (AvgIpc) is 3.01. The standard InChI is InChI=1S/C22H28O7/c1-12-11-29-22(13(12)2,20-16(25-3)7-14(23)8-17(20)26-4)21-18(27-5)9-15(24)10-19(21)28-6/h7-10,12-13,23-24H,11H2,1-6H3/t12-,13+/m0/s1. The Balaban J connectivity index is 2.47. The number of hydrogen-bond donors (Lipinski definition) is 2. The number of benzene rings is 2. The molecule has 2 N–H and O–H groups in total. The highest BCUT2D eigenvalue weighted by atomic mass is 16.5. The highest BCUT2D eigenvalue weighted by Gasteiger charge is 2.54. The van der Waals surface area contributed by atoms with Gasteiger partial charge in [0.25, 0.3) is 0 Å². The van der Waals surface area contributed by atoms with Gasteiger partial charge in [0.1, 0.15) is 40.1 Å². The zero-order valence-electron chi connectivity index (χ0n) is 17.6. The first-order valence-electron chi connectivity index (χ1n) is 9.38. The van der Waals surface area contributed by atoms with Crippen molar-refractivity contribution in [3.63, 3.8) is 0 Å². The largest absolute Gasteiger partial charge is 0.508 e. The fraction of sp³-hybridized carbons (Fsp3) is 0.455. The number of phenols is 2. The molecule has 0 spiro atoms. The number of aromatic hydroxyl groups is 2. The lowest BCUT2D eigenvalue weighted by atomic mass is 9.72. The lowest BCUT2D eigenvalue weighted by molar-refractivity contribution is 0.00658. The zero-order valence-corrected chi connectivity index (χ0v) is 17.6. The van der Waals surface area contributed by atoms with E-state index in [1.807, 2.05) is 0 Å². The number of methoxy groups -OCH3 is 4. The van der Waals surface area contributed by atoms with Gasteiger partial charge in [-0.2, -0.15) is 0 Å². The van der Waals surface area contributed by atoms with Crippen molar-refractivity contribution in [3.8, 4) is 34.5 Å². The molecule has 2 aromatic carbocycles. The fourth-order valence-corrected chi connectivity index (χ4v) is 4.19. The molecule has 2 atom stereocenters. The molecule has 1 aliphatic heterocycles.